The molecule has 0 radical (unpaired) electrons. The summed E-state index contributed by atoms with van der Waals surface area (Å²) in [5.74, 6) is 0.515. The summed E-state index contributed by atoms with van der Waals surface area (Å²) in [5, 5.41) is 3.42. The third kappa shape index (κ3) is 3.65. The van der Waals surface area contributed by atoms with Crippen LogP contribution >= 0.6 is 11.6 Å². The molecule has 130 valence electrons. The summed E-state index contributed by atoms with van der Waals surface area (Å²) in [7, 11) is 1.88. The Morgan fingerprint density at radius 1 is 1.36 bits per heavy atom. The summed E-state index contributed by atoms with van der Waals surface area (Å²) >= 11 is 6.27. The lowest BCUT2D eigenvalue weighted by molar-refractivity contribution is 0.0922. The van der Waals surface area contributed by atoms with Crippen molar-refractivity contribution in [2.75, 3.05) is 19.8 Å². The Kier molecular flexibility index (Phi) is 5.31. The van der Waals surface area contributed by atoms with Gasteiger partial charge in [0.25, 0.3) is 5.91 Å². The number of imidazole rings is 1. The van der Waals surface area contributed by atoms with E-state index in [4.69, 9.17) is 16.3 Å². The fraction of sp³-hybridized carbons (Fsp3) is 0.278. The third-order valence-corrected chi connectivity index (χ3v) is 4.15. The Balaban J connectivity index is 1.89. The van der Waals surface area contributed by atoms with Gasteiger partial charge in [-0.1, -0.05) is 23.7 Å². The Morgan fingerprint density at radius 3 is 2.92 bits per heavy atom. The first kappa shape index (κ1) is 17.4. The van der Waals surface area contributed by atoms with E-state index in [0.717, 1.165) is 5.56 Å². The maximum absolute atomic E-state index is 12.2. The van der Waals surface area contributed by atoms with Crippen LogP contribution in [0.4, 0.5) is 0 Å². The second-order valence-electron chi connectivity index (χ2n) is 5.49. The number of benzene rings is 1. The molecule has 0 aliphatic carbocycles. The van der Waals surface area contributed by atoms with Gasteiger partial charge in [0, 0.05) is 32.0 Å². The molecule has 1 N–H and O–H groups in total. The second-order valence-corrected chi connectivity index (χ2v) is 5.90. The molecule has 0 aliphatic rings. The molecule has 1 amide bonds. The number of nitrogens with zero attached hydrogens (tertiary/aromatic N) is 3. The predicted molar refractivity (Wildman–Crippen MR) is 97.8 cm³/mol. The molecule has 0 unspecified atom stereocenters. The number of carbonyl (C=O) groups excluding carboxylic acids is 1. The number of nitrogens with one attached hydrogen (secondary N) is 1. The van der Waals surface area contributed by atoms with Gasteiger partial charge in [0.15, 0.2) is 5.65 Å². The molecule has 0 saturated heterocycles. The lowest BCUT2D eigenvalue weighted by Gasteiger charge is -2.05. The van der Waals surface area contributed by atoms with E-state index in [1.807, 2.05) is 42.8 Å². The molecule has 0 atom stereocenters. The fourth-order valence-electron chi connectivity index (χ4n) is 2.57. The zero-order chi connectivity index (χ0) is 17.8. The molecule has 0 saturated carbocycles. The maximum atomic E-state index is 12.2. The third-order valence-electron chi connectivity index (χ3n) is 3.82. The van der Waals surface area contributed by atoms with Crippen molar-refractivity contribution in [1.29, 1.82) is 0 Å². The molecular formula is C18H19ClN4O2. The minimum absolute atomic E-state index is 0.195. The van der Waals surface area contributed by atoms with Crippen LogP contribution in [0.3, 0.4) is 0 Å². The van der Waals surface area contributed by atoms with Crippen molar-refractivity contribution in [1.82, 2.24) is 19.9 Å². The summed E-state index contributed by atoms with van der Waals surface area (Å²) < 4.78 is 7.08. The minimum atomic E-state index is -0.195. The molecule has 1 aromatic carbocycles. The fourth-order valence-corrected chi connectivity index (χ4v) is 2.79. The molecule has 2 heterocycles. The largest absolute Gasteiger partial charge is 0.380 e. The predicted octanol–water partition coefficient (Wildman–Crippen LogP) is 3.06. The van der Waals surface area contributed by atoms with Crippen molar-refractivity contribution >= 4 is 28.7 Å². The van der Waals surface area contributed by atoms with E-state index in [-0.39, 0.29) is 5.91 Å². The number of hydrogen-bond acceptors (Lipinski definition) is 4. The molecule has 0 fully saturated rings. The van der Waals surface area contributed by atoms with Crippen molar-refractivity contribution in [3.8, 4) is 11.4 Å². The number of halogens is 1. The molecule has 0 spiro atoms. The summed E-state index contributed by atoms with van der Waals surface area (Å²) in [6.45, 7) is 3.48. The van der Waals surface area contributed by atoms with E-state index in [1.54, 1.807) is 12.3 Å². The Labute approximate surface area is 150 Å². The number of carbonyl (C=O) groups is 1. The Morgan fingerprint density at radius 2 is 2.16 bits per heavy atom. The standard InChI is InChI=1S/C18H19ClN4O2/c1-3-25-9-8-20-18(24)12-10-15-17(21-11-12)23(2)16(22-15)13-6-4-5-7-14(13)19/h4-7,10-11H,3,8-9H2,1-2H3,(H,20,24). The first-order chi connectivity index (χ1) is 12.1. The lowest BCUT2D eigenvalue weighted by atomic mass is 10.2. The number of amides is 1. The van der Waals surface area contributed by atoms with Crippen LogP contribution in [0.5, 0.6) is 0 Å². The average Bonchev–Trinajstić information content (AvgIpc) is 2.95. The zero-order valence-corrected chi connectivity index (χ0v) is 14.9. The highest BCUT2D eigenvalue weighted by molar-refractivity contribution is 6.33. The Hall–Kier alpha value is -2.44. The molecule has 3 aromatic rings. The van der Waals surface area contributed by atoms with Gasteiger partial charge in [-0.3, -0.25) is 4.79 Å². The molecule has 0 bridgehead atoms. The maximum Gasteiger partial charge on any atom is 0.253 e. The lowest BCUT2D eigenvalue weighted by Crippen LogP contribution is -2.27. The topological polar surface area (TPSA) is 69.0 Å². The number of rotatable bonds is 6. The molecule has 7 heteroatoms. The van der Waals surface area contributed by atoms with Gasteiger partial charge < -0.3 is 14.6 Å². The van der Waals surface area contributed by atoms with Crippen LogP contribution in [0.25, 0.3) is 22.6 Å². The highest BCUT2D eigenvalue weighted by Gasteiger charge is 2.15. The highest BCUT2D eigenvalue weighted by Crippen LogP contribution is 2.28. The summed E-state index contributed by atoms with van der Waals surface area (Å²) in [4.78, 5) is 21.2. The van der Waals surface area contributed by atoms with Crippen LogP contribution in [0, 0.1) is 0 Å². The van der Waals surface area contributed by atoms with Crippen LogP contribution in [0.2, 0.25) is 5.02 Å². The molecular weight excluding hydrogens is 340 g/mol. The molecule has 3 rings (SSSR count). The van der Waals surface area contributed by atoms with Crippen molar-refractivity contribution in [3.63, 3.8) is 0 Å². The van der Waals surface area contributed by atoms with Gasteiger partial charge in [-0.15, -0.1) is 0 Å². The van der Waals surface area contributed by atoms with Crippen LogP contribution in [0.15, 0.2) is 36.5 Å². The number of ether oxygens (including phenoxy) is 1. The molecule has 0 aliphatic heterocycles. The van der Waals surface area contributed by atoms with Crippen molar-refractivity contribution in [2.45, 2.75) is 6.92 Å². The first-order valence-electron chi connectivity index (χ1n) is 8.05. The van der Waals surface area contributed by atoms with E-state index in [2.05, 4.69) is 15.3 Å². The van der Waals surface area contributed by atoms with E-state index < -0.39 is 0 Å². The highest BCUT2D eigenvalue weighted by atomic mass is 35.5. The van der Waals surface area contributed by atoms with E-state index >= 15 is 0 Å². The van der Waals surface area contributed by atoms with Crippen LogP contribution in [-0.2, 0) is 11.8 Å². The minimum Gasteiger partial charge on any atom is -0.380 e. The van der Waals surface area contributed by atoms with E-state index in [0.29, 0.717) is 47.3 Å². The number of fused-ring (bicyclic) bond motifs is 1. The smallest absolute Gasteiger partial charge is 0.253 e. The van der Waals surface area contributed by atoms with E-state index in [9.17, 15) is 4.79 Å². The van der Waals surface area contributed by atoms with Gasteiger partial charge in [0.1, 0.15) is 11.3 Å². The van der Waals surface area contributed by atoms with Crippen molar-refractivity contribution in [2.24, 2.45) is 7.05 Å². The van der Waals surface area contributed by atoms with Crippen LogP contribution < -0.4 is 5.32 Å². The normalized spacial score (nSPS) is 11.0. The molecule has 25 heavy (non-hydrogen) atoms. The van der Waals surface area contributed by atoms with Gasteiger partial charge in [0.05, 0.1) is 17.2 Å². The number of pyridine rings is 1. The monoisotopic (exact) mass is 358 g/mol. The SMILES string of the molecule is CCOCCNC(=O)c1cnc2c(c1)nc(-c1ccccc1Cl)n2C. The average molecular weight is 359 g/mol. The van der Waals surface area contributed by atoms with Gasteiger partial charge in [-0.05, 0) is 25.1 Å². The summed E-state index contributed by atoms with van der Waals surface area (Å²) in [5.41, 5.74) is 2.64. The van der Waals surface area contributed by atoms with Gasteiger partial charge in [0.2, 0.25) is 0 Å². The van der Waals surface area contributed by atoms with Gasteiger partial charge in [-0.25, -0.2) is 9.97 Å². The quantitative estimate of drug-likeness (QED) is 0.687. The number of hydrogen-bond donors (Lipinski definition) is 1. The summed E-state index contributed by atoms with van der Waals surface area (Å²) in [6.07, 6.45) is 1.55. The van der Waals surface area contributed by atoms with Gasteiger partial charge >= 0.3 is 0 Å². The van der Waals surface area contributed by atoms with Crippen LogP contribution in [0.1, 0.15) is 17.3 Å². The van der Waals surface area contributed by atoms with Crippen molar-refractivity contribution in [3.05, 3.63) is 47.1 Å². The van der Waals surface area contributed by atoms with E-state index in [1.165, 1.54) is 0 Å². The van der Waals surface area contributed by atoms with Crippen molar-refractivity contribution < 1.29 is 9.53 Å². The molecule has 2 aromatic heterocycles. The zero-order valence-electron chi connectivity index (χ0n) is 14.1. The number of aryl methyl sites for hydroxylation is 1. The summed E-state index contributed by atoms with van der Waals surface area (Å²) in [6, 6.07) is 9.24. The molecule has 6 nitrogen and oxygen atoms in total. The van der Waals surface area contributed by atoms with Crippen LogP contribution in [-0.4, -0.2) is 40.2 Å². The number of aromatic nitrogens is 3. The second kappa shape index (κ2) is 7.63. The van der Waals surface area contributed by atoms with Gasteiger partial charge in [-0.2, -0.15) is 0 Å². The Bertz CT molecular complexity index is 907. The first-order valence-corrected chi connectivity index (χ1v) is 8.43.